The minimum Gasteiger partial charge on any atom is -0.309 e. The highest BCUT2D eigenvalue weighted by Gasteiger charge is 2.45. The van der Waals surface area contributed by atoms with Gasteiger partial charge in [-0.3, -0.25) is 0 Å². The van der Waals surface area contributed by atoms with Gasteiger partial charge in [-0.1, -0.05) is 177 Å². The summed E-state index contributed by atoms with van der Waals surface area (Å²) < 4.78 is 4.95. The molecule has 3 heteroatoms. The van der Waals surface area contributed by atoms with Crippen LogP contribution in [0, 0.1) is 0 Å². The Kier molecular flexibility index (Phi) is 7.54. The van der Waals surface area contributed by atoms with Crippen molar-refractivity contribution in [2.24, 2.45) is 0 Å². The molecule has 282 valence electrons. The lowest BCUT2D eigenvalue weighted by Crippen LogP contribution is -2.68. The van der Waals surface area contributed by atoms with Crippen molar-refractivity contribution >= 4 is 67.2 Å². The topological polar surface area (TPSA) is 9.86 Å². The summed E-state index contributed by atoms with van der Waals surface area (Å²) in [5.41, 5.74) is 19.6. The molecule has 10 aromatic rings. The summed E-state index contributed by atoms with van der Waals surface area (Å²) in [5, 5.41) is 10.3. The molecule has 0 saturated heterocycles. The molecule has 2 aromatic heterocycles. The Hall–Kier alpha value is -7.38. The molecule has 2 nitrogen and oxygen atoms in total. The van der Waals surface area contributed by atoms with Crippen LogP contribution in [0.15, 0.2) is 223 Å². The molecule has 12 rings (SSSR count). The van der Waals surface area contributed by atoms with Crippen molar-refractivity contribution in [3.8, 4) is 22.5 Å². The van der Waals surface area contributed by atoms with Gasteiger partial charge < -0.3 is 9.13 Å². The number of para-hydroxylation sites is 3. The highest BCUT2D eigenvalue weighted by Crippen LogP contribution is 2.53. The van der Waals surface area contributed by atoms with Crippen molar-refractivity contribution in [2.45, 2.75) is 19.3 Å². The van der Waals surface area contributed by atoms with E-state index in [0.717, 1.165) is 11.4 Å². The Labute approximate surface area is 350 Å². The van der Waals surface area contributed by atoms with E-state index in [1.165, 1.54) is 86.6 Å². The number of rotatable bonds is 6. The third kappa shape index (κ3) is 4.71. The number of aromatic nitrogens is 2. The SMILES string of the molecule is CC1(C)c2ccccc2-c2ccc3c(c21)c1ccccc1n3-c1cccc([Si](C2=C=C=CC=C2)(c2ccccc2)c2cccc3c2c2ccccc2n3-c2ccccc2)c1. The Morgan fingerprint density at radius 2 is 1.08 bits per heavy atom. The predicted octanol–water partition coefficient (Wildman–Crippen LogP) is 12.0. The predicted molar refractivity (Wildman–Crippen MR) is 254 cm³/mol. The van der Waals surface area contributed by atoms with Gasteiger partial charge in [-0.05, 0) is 92.4 Å². The lowest BCUT2D eigenvalue weighted by molar-refractivity contribution is 0.666. The zero-order valence-corrected chi connectivity index (χ0v) is 34.5. The van der Waals surface area contributed by atoms with E-state index in [-0.39, 0.29) is 5.41 Å². The first kappa shape index (κ1) is 34.6. The third-order valence-corrected chi connectivity index (χ3v) is 18.0. The van der Waals surface area contributed by atoms with Crippen LogP contribution >= 0.6 is 0 Å². The summed E-state index contributed by atoms with van der Waals surface area (Å²) in [5.74, 6) is 0. The molecule has 0 fully saturated rings. The van der Waals surface area contributed by atoms with E-state index in [2.05, 4.69) is 235 Å². The molecule has 0 radical (unpaired) electrons. The summed E-state index contributed by atoms with van der Waals surface area (Å²) in [4.78, 5) is 0. The highest BCUT2D eigenvalue weighted by atomic mass is 28.3. The van der Waals surface area contributed by atoms with Gasteiger partial charge in [0.05, 0.1) is 22.1 Å². The van der Waals surface area contributed by atoms with Gasteiger partial charge in [0.15, 0.2) is 8.07 Å². The van der Waals surface area contributed by atoms with Crippen molar-refractivity contribution in [3.05, 3.63) is 234 Å². The number of hydrogen-bond donors (Lipinski definition) is 0. The van der Waals surface area contributed by atoms with Crippen LogP contribution in [-0.4, -0.2) is 17.2 Å². The lowest BCUT2D eigenvalue weighted by atomic mass is 9.80. The summed E-state index contributed by atoms with van der Waals surface area (Å²) >= 11 is 0. The quantitative estimate of drug-likeness (QED) is 0.0904. The van der Waals surface area contributed by atoms with Gasteiger partial charge in [-0.25, -0.2) is 0 Å². The van der Waals surface area contributed by atoms with Gasteiger partial charge in [0.2, 0.25) is 0 Å². The monoisotopic (exact) mass is 780 g/mol. The fourth-order valence-corrected chi connectivity index (χ4v) is 15.7. The molecular weight excluding hydrogens is 741 g/mol. The maximum atomic E-state index is 3.74. The maximum absolute atomic E-state index is 3.74. The fraction of sp³-hybridized carbons (Fsp3) is 0.0526. The fourth-order valence-electron chi connectivity index (χ4n) is 10.9. The zero-order valence-electron chi connectivity index (χ0n) is 33.5. The molecule has 0 aliphatic heterocycles. The van der Waals surface area contributed by atoms with Crippen LogP contribution in [0.25, 0.3) is 66.1 Å². The first-order chi connectivity index (χ1) is 29.6. The summed E-state index contributed by atoms with van der Waals surface area (Å²) in [7, 11) is -3.14. The van der Waals surface area contributed by atoms with E-state index in [1.54, 1.807) is 0 Å². The van der Waals surface area contributed by atoms with E-state index in [1.807, 2.05) is 6.08 Å². The van der Waals surface area contributed by atoms with Crippen LogP contribution in [0.3, 0.4) is 0 Å². The smallest absolute Gasteiger partial charge is 0.189 e. The standard InChI is InChI=1S/C57H40N2Si/c1-57(2)48-31-15-12-28-44(48)45-36-37-52-55(56(45)57)47-30-14-17-33-50(47)59(52)40-22-18-27-43(38-40)60(41-23-8-4-9-24-41,42-25-10-5-11-26-42)53-35-19-34-51-54(53)46-29-13-16-32-49(46)58(51)39-20-6-3-7-21-39/h3-10,12-25,27-38H,1-2H3. The van der Waals surface area contributed by atoms with Crippen LogP contribution in [-0.2, 0) is 5.41 Å². The number of benzene rings is 8. The van der Waals surface area contributed by atoms with Crippen LogP contribution in [0.4, 0.5) is 0 Å². The molecule has 2 aliphatic rings. The molecule has 0 saturated carbocycles. The molecule has 1 atom stereocenters. The van der Waals surface area contributed by atoms with Gasteiger partial charge in [0.25, 0.3) is 0 Å². The Bertz CT molecular complexity index is 3530. The normalized spacial score (nSPS) is 14.8. The molecule has 0 amide bonds. The number of hydrogen-bond acceptors (Lipinski definition) is 0. The van der Waals surface area contributed by atoms with Crippen LogP contribution in [0.2, 0.25) is 0 Å². The van der Waals surface area contributed by atoms with Crippen LogP contribution in [0.5, 0.6) is 0 Å². The van der Waals surface area contributed by atoms with E-state index in [0.29, 0.717) is 0 Å². The molecule has 8 aromatic carbocycles. The van der Waals surface area contributed by atoms with Gasteiger partial charge in [0.1, 0.15) is 0 Å². The maximum Gasteiger partial charge on any atom is 0.189 e. The second-order valence-corrected chi connectivity index (χ2v) is 20.4. The van der Waals surface area contributed by atoms with Gasteiger partial charge in [-0.15, -0.1) is 0 Å². The molecule has 0 bridgehead atoms. The average molecular weight is 781 g/mol. The van der Waals surface area contributed by atoms with Crippen molar-refractivity contribution < 1.29 is 0 Å². The van der Waals surface area contributed by atoms with Crippen LogP contribution in [0.1, 0.15) is 25.0 Å². The number of fused-ring (bicyclic) bond motifs is 10. The minimum absolute atomic E-state index is 0.144. The molecule has 2 heterocycles. The minimum atomic E-state index is -3.14. The van der Waals surface area contributed by atoms with E-state index < -0.39 is 8.07 Å². The van der Waals surface area contributed by atoms with Crippen molar-refractivity contribution in [3.63, 3.8) is 0 Å². The van der Waals surface area contributed by atoms with E-state index in [9.17, 15) is 0 Å². The van der Waals surface area contributed by atoms with Crippen molar-refractivity contribution in [2.75, 3.05) is 0 Å². The number of allylic oxidation sites excluding steroid dienone is 4. The molecule has 1 unspecified atom stereocenters. The second kappa shape index (κ2) is 13.1. The van der Waals surface area contributed by atoms with Crippen molar-refractivity contribution in [1.82, 2.24) is 9.13 Å². The van der Waals surface area contributed by atoms with Crippen molar-refractivity contribution in [1.29, 1.82) is 0 Å². The lowest BCUT2D eigenvalue weighted by Gasteiger charge is -2.35. The van der Waals surface area contributed by atoms with E-state index in [4.69, 9.17) is 0 Å². The zero-order chi connectivity index (χ0) is 40.0. The molecule has 0 spiro atoms. The molecule has 0 N–H and O–H groups in total. The first-order valence-corrected chi connectivity index (χ1v) is 22.9. The molecule has 60 heavy (non-hydrogen) atoms. The Morgan fingerprint density at radius 3 is 1.85 bits per heavy atom. The van der Waals surface area contributed by atoms with Gasteiger partial charge >= 0.3 is 0 Å². The highest BCUT2D eigenvalue weighted by molar-refractivity contribution is 7.17. The average Bonchev–Trinajstić information content (AvgIpc) is 3.91. The Morgan fingerprint density at radius 1 is 0.483 bits per heavy atom. The van der Waals surface area contributed by atoms with Gasteiger partial charge in [0, 0.05) is 43.5 Å². The molecular formula is C57H40N2Si. The van der Waals surface area contributed by atoms with Crippen LogP contribution < -0.4 is 15.6 Å². The van der Waals surface area contributed by atoms with E-state index >= 15 is 0 Å². The summed E-state index contributed by atoms with van der Waals surface area (Å²) in [6.07, 6.45) is 6.41. The first-order valence-electron chi connectivity index (χ1n) is 20.9. The summed E-state index contributed by atoms with van der Waals surface area (Å²) in [6, 6.07) is 70.0. The number of nitrogens with zero attached hydrogens (tertiary/aromatic N) is 2. The second-order valence-electron chi connectivity index (χ2n) is 16.7. The Balaban J connectivity index is 1.20. The molecule has 2 aliphatic carbocycles. The van der Waals surface area contributed by atoms with Gasteiger partial charge in [-0.2, -0.15) is 0 Å². The summed E-state index contributed by atoms with van der Waals surface area (Å²) in [6.45, 7) is 4.79. The third-order valence-electron chi connectivity index (χ3n) is 13.3. The largest absolute Gasteiger partial charge is 0.309 e.